The van der Waals surface area contributed by atoms with Gasteiger partial charge in [0, 0.05) is 12.6 Å². The van der Waals surface area contributed by atoms with E-state index in [1.165, 1.54) is 4.90 Å². The predicted molar refractivity (Wildman–Crippen MR) is 100 cm³/mol. The number of nitrogens with zero attached hydrogens (tertiary/aromatic N) is 2. The molecule has 146 valence electrons. The third-order valence-electron chi connectivity index (χ3n) is 3.87. The van der Waals surface area contributed by atoms with Crippen LogP contribution in [0.3, 0.4) is 0 Å². The second kappa shape index (κ2) is 9.55. The van der Waals surface area contributed by atoms with E-state index in [-0.39, 0.29) is 12.2 Å². The Labute approximate surface area is 161 Å². The Hall–Kier alpha value is -2.35. The summed E-state index contributed by atoms with van der Waals surface area (Å²) in [5.41, 5.74) is 0.208. The second-order valence-corrected chi connectivity index (χ2v) is 6.90. The zero-order valence-electron chi connectivity index (χ0n) is 15.6. The van der Waals surface area contributed by atoms with Gasteiger partial charge in [0.1, 0.15) is 16.5 Å². The molecule has 27 heavy (non-hydrogen) atoms. The molecule has 2 rings (SSSR count). The van der Waals surface area contributed by atoms with Gasteiger partial charge in [0.2, 0.25) is 0 Å². The van der Waals surface area contributed by atoms with E-state index in [1.54, 1.807) is 13.8 Å². The Balaban J connectivity index is 2.38. The Morgan fingerprint density at radius 3 is 2.59 bits per heavy atom. The number of unbranched alkanes of at least 4 members (excludes halogenated alkanes) is 2. The van der Waals surface area contributed by atoms with Gasteiger partial charge in [-0.05, 0) is 32.4 Å². The van der Waals surface area contributed by atoms with Crippen LogP contribution >= 0.6 is 11.3 Å². The SMILES string of the molecule is CCCCCN(C(=O)c1ccc(F)cc1F)c1nc(C)c(C(=O)OCC)s1. The molecule has 0 aliphatic rings. The van der Waals surface area contributed by atoms with Gasteiger partial charge in [-0.15, -0.1) is 0 Å². The van der Waals surface area contributed by atoms with Crippen molar-refractivity contribution in [3.63, 3.8) is 0 Å². The molecule has 0 aliphatic carbocycles. The zero-order chi connectivity index (χ0) is 20.0. The first-order valence-electron chi connectivity index (χ1n) is 8.80. The first kappa shape index (κ1) is 21.0. The van der Waals surface area contributed by atoms with E-state index in [0.29, 0.717) is 34.7 Å². The van der Waals surface area contributed by atoms with Gasteiger partial charge in [0.15, 0.2) is 5.13 Å². The summed E-state index contributed by atoms with van der Waals surface area (Å²) in [5.74, 6) is -2.81. The monoisotopic (exact) mass is 396 g/mol. The number of halogens is 2. The maximum atomic E-state index is 14.1. The maximum Gasteiger partial charge on any atom is 0.350 e. The number of esters is 1. The van der Waals surface area contributed by atoms with Crippen molar-refractivity contribution < 1.29 is 23.1 Å². The number of hydrogen-bond acceptors (Lipinski definition) is 5. The molecule has 0 spiro atoms. The Kier molecular flexibility index (Phi) is 7.41. The van der Waals surface area contributed by atoms with Gasteiger partial charge < -0.3 is 4.74 Å². The number of aryl methyl sites for hydroxylation is 1. The number of rotatable bonds is 8. The van der Waals surface area contributed by atoms with E-state index in [1.807, 2.05) is 6.92 Å². The van der Waals surface area contributed by atoms with E-state index in [0.717, 1.165) is 36.3 Å². The number of carbonyl (C=O) groups excluding carboxylic acids is 2. The Bertz CT molecular complexity index is 823. The lowest BCUT2D eigenvalue weighted by atomic mass is 10.1. The van der Waals surface area contributed by atoms with Crippen LogP contribution in [-0.4, -0.2) is 30.0 Å². The van der Waals surface area contributed by atoms with E-state index in [2.05, 4.69) is 4.98 Å². The summed E-state index contributed by atoms with van der Waals surface area (Å²) in [4.78, 5) is 30.9. The van der Waals surface area contributed by atoms with E-state index < -0.39 is 23.5 Å². The Morgan fingerprint density at radius 1 is 1.22 bits per heavy atom. The van der Waals surface area contributed by atoms with Gasteiger partial charge in [-0.3, -0.25) is 9.69 Å². The van der Waals surface area contributed by atoms with Crippen LogP contribution in [0.25, 0.3) is 0 Å². The molecule has 1 heterocycles. The van der Waals surface area contributed by atoms with Crippen molar-refractivity contribution >= 4 is 28.3 Å². The molecule has 1 aromatic heterocycles. The van der Waals surface area contributed by atoms with Crippen molar-refractivity contribution in [3.05, 3.63) is 46.0 Å². The van der Waals surface area contributed by atoms with Gasteiger partial charge >= 0.3 is 5.97 Å². The normalized spacial score (nSPS) is 10.7. The molecule has 0 atom stereocenters. The van der Waals surface area contributed by atoms with Crippen molar-refractivity contribution in [1.29, 1.82) is 0 Å². The number of aromatic nitrogens is 1. The highest BCUT2D eigenvalue weighted by Crippen LogP contribution is 2.29. The molecule has 0 radical (unpaired) electrons. The minimum Gasteiger partial charge on any atom is -0.462 e. The first-order chi connectivity index (χ1) is 12.9. The van der Waals surface area contributed by atoms with Crippen molar-refractivity contribution in [3.8, 4) is 0 Å². The largest absolute Gasteiger partial charge is 0.462 e. The number of ether oxygens (including phenoxy) is 1. The topological polar surface area (TPSA) is 59.5 Å². The second-order valence-electron chi connectivity index (χ2n) is 5.92. The lowest BCUT2D eigenvalue weighted by Crippen LogP contribution is -2.32. The van der Waals surface area contributed by atoms with Crippen LogP contribution in [0.5, 0.6) is 0 Å². The molecule has 8 heteroatoms. The minimum absolute atomic E-state index is 0.228. The highest BCUT2D eigenvalue weighted by molar-refractivity contribution is 7.17. The Morgan fingerprint density at radius 2 is 1.96 bits per heavy atom. The molecule has 5 nitrogen and oxygen atoms in total. The van der Waals surface area contributed by atoms with Crippen molar-refractivity contribution in [2.75, 3.05) is 18.1 Å². The summed E-state index contributed by atoms with van der Waals surface area (Å²) in [6, 6.07) is 2.83. The molecule has 0 saturated heterocycles. The molecule has 0 fully saturated rings. The van der Waals surface area contributed by atoms with Gasteiger partial charge in [-0.1, -0.05) is 31.1 Å². The standard InChI is InChI=1S/C19H22F2N2O3S/c1-4-6-7-10-23(17(24)14-9-8-13(20)11-15(14)21)19-22-12(3)16(27-19)18(25)26-5-2/h8-9,11H,4-7,10H2,1-3H3. The summed E-state index contributed by atoms with van der Waals surface area (Å²) < 4.78 is 32.3. The van der Waals surface area contributed by atoms with Gasteiger partial charge in [-0.2, -0.15) is 0 Å². The molecule has 1 aromatic carbocycles. The zero-order valence-corrected chi connectivity index (χ0v) is 16.4. The number of anilines is 1. The first-order valence-corrected chi connectivity index (χ1v) is 9.62. The molecule has 2 aromatic rings. The summed E-state index contributed by atoms with van der Waals surface area (Å²) >= 11 is 1.03. The summed E-state index contributed by atoms with van der Waals surface area (Å²) in [5, 5.41) is 0.292. The highest BCUT2D eigenvalue weighted by Gasteiger charge is 2.26. The molecule has 1 amide bonds. The van der Waals surface area contributed by atoms with Crippen LogP contribution in [0.1, 0.15) is 58.8 Å². The van der Waals surface area contributed by atoms with Crippen LogP contribution in [0.4, 0.5) is 13.9 Å². The van der Waals surface area contributed by atoms with Gasteiger partial charge in [0.25, 0.3) is 5.91 Å². The fourth-order valence-corrected chi connectivity index (χ4v) is 3.48. The molecular formula is C19H22F2N2O3S. The third kappa shape index (κ3) is 5.09. The van der Waals surface area contributed by atoms with Crippen LogP contribution in [-0.2, 0) is 4.74 Å². The van der Waals surface area contributed by atoms with Crippen molar-refractivity contribution in [1.82, 2.24) is 4.98 Å². The molecular weight excluding hydrogens is 374 g/mol. The minimum atomic E-state index is -0.931. The summed E-state index contributed by atoms with van der Waals surface area (Å²) in [6.07, 6.45) is 2.51. The lowest BCUT2D eigenvalue weighted by molar-refractivity contribution is 0.0531. The maximum absolute atomic E-state index is 14.1. The number of thiazole rings is 1. The van der Waals surface area contributed by atoms with E-state index in [4.69, 9.17) is 4.74 Å². The number of amides is 1. The van der Waals surface area contributed by atoms with E-state index >= 15 is 0 Å². The summed E-state index contributed by atoms with van der Waals surface area (Å²) in [6.45, 7) is 5.93. The molecule has 0 saturated carbocycles. The third-order valence-corrected chi connectivity index (χ3v) is 5.03. The number of carbonyl (C=O) groups is 2. The quantitative estimate of drug-likeness (QED) is 0.478. The molecule has 0 aliphatic heterocycles. The van der Waals surface area contributed by atoms with Gasteiger partial charge in [0.05, 0.1) is 17.9 Å². The van der Waals surface area contributed by atoms with Crippen LogP contribution in [0.15, 0.2) is 18.2 Å². The predicted octanol–water partition coefficient (Wildman–Crippen LogP) is 4.74. The average molecular weight is 396 g/mol. The van der Waals surface area contributed by atoms with Crippen molar-refractivity contribution in [2.45, 2.75) is 40.0 Å². The average Bonchev–Trinajstić information content (AvgIpc) is 3.00. The number of hydrogen-bond donors (Lipinski definition) is 0. The molecule has 0 bridgehead atoms. The van der Waals surface area contributed by atoms with Gasteiger partial charge in [-0.25, -0.2) is 18.6 Å². The molecule has 0 unspecified atom stereocenters. The smallest absolute Gasteiger partial charge is 0.350 e. The fraction of sp³-hybridized carbons (Fsp3) is 0.421. The fourth-order valence-electron chi connectivity index (χ4n) is 2.50. The molecule has 0 N–H and O–H groups in total. The van der Waals surface area contributed by atoms with Crippen LogP contribution < -0.4 is 4.90 Å². The summed E-state index contributed by atoms with van der Waals surface area (Å²) in [7, 11) is 0. The number of benzene rings is 1. The van der Waals surface area contributed by atoms with Crippen LogP contribution in [0.2, 0.25) is 0 Å². The van der Waals surface area contributed by atoms with Crippen molar-refractivity contribution in [2.24, 2.45) is 0 Å². The van der Waals surface area contributed by atoms with Crippen LogP contribution in [0, 0.1) is 18.6 Å². The highest BCUT2D eigenvalue weighted by atomic mass is 32.1. The lowest BCUT2D eigenvalue weighted by Gasteiger charge is -2.20. The van der Waals surface area contributed by atoms with E-state index in [9.17, 15) is 18.4 Å².